The fraction of sp³-hybridized carbons (Fsp3) is 0.556. The van der Waals surface area contributed by atoms with Gasteiger partial charge in [0.1, 0.15) is 5.60 Å². The molecule has 0 aliphatic carbocycles. The topological polar surface area (TPSA) is 81.3 Å². The molecule has 1 heterocycles. The summed E-state index contributed by atoms with van der Waals surface area (Å²) in [5.74, 6) is 0. The molecule has 1 aromatic rings. The van der Waals surface area contributed by atoms with Gasteiger partial charge < -0.3 is 15.6 Å². The summed E-state index contributed by atoms with van der Waals surface area (Å²) in [5.41, 5.74) is 5.09. The van der Waals surface area contributed by atoms with Crippen LogP contribution in [0.3, 0.4) is 0 Å². The fourth-order valence-electron chi connectivity index (χ4n) is 0.946. The van der Waals surface area contributed by atoms with E-state index in [2.05, 4.69) is 9.97 Å². The Morgan fingerprint density at radius 1 is 1.50 bits per heavy atom. The number of ether oxygens (including phenoxy) is 1. The van der Waals surface area contributed by atoms with Gasteiger partial charge in [0.05, 0.1) is 7.11 Å². The minimum absolute atomic E-state index is 0.272. The first-order chi connectivity index (χ1) is 6.48. The molecule has 14 heavy (non-hydrogen) atoms. The van der Waals surface area contributed by atoms with E-state index in [1.807, 2.05) is 0 Å². The number of aromatic nitrogens is 2. The van der Waals surface area contributed by atoms with Crippen molar-refractivity contribution in [1.82, 2.24) is 9.97 Å². The Bertz CT molecular complexity index is 295. The van der Waals surface area contributed by atoms with Crippen LogP contribution in [0.2, 0.25) is 0 Å². The van der Waals surface area contributed by atoms with Crippen LogP contribution in [-0.4, -0.2) is 28.2 Å². The van der Waals surface area contributed by atoms with E-state index in [-0.39, 0.29) is 12.1 Å². The lowest BCUT2D eigenvalue weighted by Gasteiger charge is -2.27. The van der Waals surface area contributed by atoms with Crippen LogP contribution in [0.1, 0.15) is 19.4 Å². The van der Waals surface area contributed by atoms with E-state index >= 15 is 0 Å². The van der Waals surface area contributed by atoms with Crippen molar-refractivity contribution in [2.24, 2.45) is 5.73 Å². The molecule has 0 aliphatic heterocycles. The lowest BCUT2D eigenvalue weighted by molar-refractivity contribution is 0.0341. The largest absolute Gasteiger partial charge is 0.467 e. The van der Waals surface area contributed by atoms with Crippen molar-refractivity contribution in [3.8, 4) is 6.01 Å². The van der Waals surface area contributed by atoms with Crippen molar-refractivity contribution in [2.45, 2.75) is 25.5 Å². The van der Waals surface area contributed by atoms with E-state index in [0.717, 1.165) is 0 Å². The standard InChI is InChI=1S/C9H15N3O2/c1-6(10)9(2,13)7-4-11-8(14-3)12-5-7/h4-6,13H,10H2,1-3H3. The number of nitrogens with zero attached hydrogens (tertiary/aromatic N) is 2. The highest BCUT2D eigenvalue weighted by atomic mass is 16.5. The van der Waals surface area contributed by atoms with Gasteiger partial charge in [0.25, 0.3) is 0 Å². The van der Waals surface area contributed by atoms with Crippen molar-refractivity contribution in [1.29, 1.82) is 0 Å². The number of hydrogen-bond donors (Lipinski definition) is 2. The molecule has 0 fully saturated rings. The number of aliphatic hydroxyl groups is 1. The van der Waals surface area contributed by atoms with Crippen molar-refractivity contribution < 1.29 is 9.84 Å². The van der Waals surface area contributed by atoms with Gasteiger partial charge in [0.15, 0.2) is 0 Å². The summed E-state index contributed by atoms with van der Waals surface area (Å²) in [7, 11) is 1.48. The monoisotopic (exact) mass is 197 g/mol. The second-order valence-corrected chi connectivity index (χ2v) is 3.39. The molecule has 78 valence electrons. The number of methoxy groups -OCH3 is 1. The van der Waals surface area contributed by atoms with Crippen molar-refractivity contribution in [3.63, 3.8) is 0 Å². The summed E-state index contributed by atoms with van der Waals surface area (Å²) in [6.45, 7) is 3.35. The average Bonchev–Trinajstić information content (AvgIpc) is 2.17. The summed E-state index contributed by atoms with van der Waals surface area (Å²) in [6, 6.07) is -0.117. The lowest BCUT2D eigenvalue weighted by Crippen LogP contribution is -2.40. The van der Waals surface area contributed by atoms with Crippen LogP contribution in [0.4, 0.5) is 0 Å². The summed E-state index contributed by atoms with van der Waals surface area (Å²) >= 11 is 0. The van der Waals surface area contributed by atoms with Gasteiger partial charge in [-0.05, 0) is 13.8 Å². The molecule has 0 saturated heterocycles. The third-order valence-corrected chi connectivity index (χ3v) is 2.28. The molecule has 0 aromatic carbocycles. The van der Waals surface area contributed by atoms with E-state index in [9.17, 15) is 5.11 Å². The molecule has 5 nitrogen and oxygen atoms in total. The maximum Gasteiger partial charge on any atom is 0.316 e. The van der Waals surface area contributed by atoms with Crippen molar-refractivity contribution >= 4 is 0 Å². The van der Waals surface area contributed by atoms with Gasteiger partial charge >= 0.3 is 6.01 Å². The van der Waals surface area contributed by atoms with Crippen molar-refractivity contribution in [3.05, 3.63) is 18.0 Å². The molecular weight excluding hydrogens is 182 g/mol. The van der Waals surface area contributed by atoms with Gasteiger partial charge in [-0.25, -0.2) is 9.97 Å². The van der Waals surface area contributed by atoms with Gasteiger partial charge in [0.2, 0.25) is 0 Å². The summed E-state index contributed by atoms with van der Waals surface area (Å²) in [5, 5.41) is 9.98. The first-order valence-corrected chi connectivity index (χ1v) is 4.33. The third-order valence-electron chi connectivity index (χ3n) is 2.28. The zero-order valence-electron chi connectivity index (χ0n) is 8.56. The third kappa shape index (κ3) is 2.00. The van der Waals surface area contributed by atoms with Crippen LogP contribution in [0.5, 0.6) is 6.01 Å². The molecule has 0 spiro atoms. The number of nitrogens with two attached hydrogens (primary N) is 1. The minimum Gasteiger partial charge on any atom is -0.467 e. The predicted octanol–water partition coefficient (Wildman–Crippen LogP) is 0.0399. The van der Waals surface area contributed by atoms with Crippen LogP contribution < -0.4 is 10.5 Å². The van der Waals surface area contributed by atoms with Gasteiger partial charge in [-0.1, -0.05) is 0 Å². The SMILES string of the molecule is COc1ncc(C(C)(O)C(C)N)cn1. The van der Waals surface area contributed by atoms with E-state index in [0.29, 0.717) is 5.56 Å². The predicted molar refractivity (Wildman–Crippen MR) is 51.8 cm³/mol. The Balaban J connectivity index is 2.97. The average molecular weight is 197 g/mol. The lowest BCUT2D eigenvalue weighted by atomic mass is 9.92. The first-order valence-electron chi connectivity index (χ1n) is 4.33. The molecular formula is C9H15N3O2. The number of rotatable bonds is 3. The second-order valence-electron chi connectivity index (χ2n) is 3.39. The van der Waals surface area contributed by atoms with E-state index < -0.39 is 5.60 Å². The van der Waals surface area contributed by atoms with Crippen LogP contribution in [0, 0.1) is 0 Å². The highest BCUT2D eigenvalue weighted by molar-refractivity contribution is 5.17. The molecule has 0 aliphatic rings. The zero-order valence-corrected chi connectivity index (χ0v) is 8.56. The second kappa shape index (κ2) is 3.89. The maximum absolute atomic E-state index is 9.98. The fourth-order valence-corrected chi connectivity index (χ4v) is 0.946. The van der Waals surface area contributed by atoms with E-state index in [1.54, 1.807) is 13.8 Å². The zero-order chi connectivity index (χ0) is 10.8. The number of hydrogen-bond acceptors (Lipinski definition) is 5. The highest BCUT2D eigenvalue weighted by Crippen LogP contribution is 2.22. The Hall–Kier alpha value is -1.20. The maximum atomic E-state index is 9.98. The molecule has 2 atom stereocenters. The normalized spacial score (nSPS) is 17.2. The molecule has 0 radical (unpaired) electrons. The molecule has 2 unspecified atom stereocenters. The molecule has 1 aromatic heterocycles. The molecule has 0 saturated carbocycles. The van der Waals surface area contributed by atoms with Gasteiger partial charge in [-0.2, -0.15) is 0 Å². The van der Waals surface area contributed by atoms with E-state index in [4.69, 9.17) is 10.5 Å². The minimum atomic E-state index is -1.12. The van der Waals surface area contributed by atoms with Crippen molar-refractivity contribution in [2.75, 3.05) is 7.11 Å². The summed E-state index contributed by atoms with van der Waals surface area (Å²) < 4.78 is 4.81. The summed E-state index contributed by atoms with van der Waals surface area (Å²) in [4.78, 5) is 7.79. The van der Waals surface area contributed by atoms with Crippen LogP contribution >= 0.6 is 0 Å². The molecule has 5 heteroatoms. The van der Waals surface area contributed by atoms with Crippen LogP contribution in [0.25, 0.3) is 0 Å². The van der Waals surface area contributed by atoms with Gasteiger partial charge in [-0.15, -0.1) is 0 Å². The van der Waals surface area contributed by atoms with Crippen LogP contribution in [0.15, 0.2) is 12.4 Å². The Labute approximate surface area is 82.9 Å². The molecule has 1 rings (SSSR count). The molecule has 3 N–H and O–H groups in total. The van der Waals surface area contributed by atoms with E-state index in [1.165, 1.54) is 19.5 Å². The summed E-state index contributed by atoms with van der Waals surface area (Å²) in [6.07, 6.45) is 3.02. The van der Waals surface area contributed by atoms with Gasteiger partial charge in [-0.3, -0.25) is 0 Å². The Morgan fingerprint density at radius 2 is 2.00 bits per heavy atom. The molecule has 0 bridgehead atoms. The smallest absolute Gasteiger partial charge is 0.316 e. The quantitative estimate of drug-likeness (QED) is 0.715. The first kappa shape index (κ1) is 10.9. The van der Waals surface area contributed by atoms with Crippen LogP contribution in [-0.2, 0) is 5.60 Å². The highest BCUT2D eigenvalue weighted by Gasteiger charge is 2.28. The van der Waals surface area contributed by atoms with Gasteiger partial charge in [0, 0.05) is 24.0 Å². The molecule has 0 amide bonds. The Morgan fingerprint density at radius 3 is 2.36 bits per heavy atom. The Kier molecular flexibility index (Phi) is 3.03.